The summed E-state index contributed by atoms with van der Waals surface area (Å²) in [6, 6.07) is 14.4. The molecule has 0 bridgehead atoms. The number of carbonyl (C=O) groups is 3. The molecule has 2 aromatic carbocycles. The molecule has 3 amide bonds. The zero-order chi connectivity index (χ0) is 28.4. The van der Waals surface area contributed by atoms with Gasteiger partial charge >= 0.3 is 6.03 Å². The van der Waals surface area contributed by atoms with Gasteiger partial charge < -0.3 is 30.9 Å². The Bertz CT molecular complexity index is 1260. The largest absolute Gasteiger partial charge is 0.665 e. The van der Waals surface area contributed by atoms with Gasteiger partial charge in [-0.1, -0.05) is 49.3 Å². The van der Waals surface area contributed by atoms with E-state index in [1.54, 1.807) is 37.3 Å². The minimum atomic E-state index is -1.10. The van der Waals surface area contributed by atoms with E-state index >= 15 is 0 Å². The van der Waals surface area contributed by atoms with Crippen LogP contribution < -0.4 is 16.0 Å². The van der Waals surface area contributed by atoms with Crippen LogP contribution in [0.15, 0.2) is 59.1 Å². The topological polar surface area (TPSA) is 146 Å². The van der Waals surface area contributed by atoms with Crippen molar-refractivity contribution in [1.82, 2.24) is 10.5 Å². The number of nitrogens with one attached hydrogen (secondary N) is 4. The number of esters is 1. The second kappa shape index (κ2) is 16.5. The van der Waals surface area contributed by atoms with E-state index in [0.29, 0.717) is 23.6 Å². The number of aromatic nitrogens is 1. The monoisotopic (exact) mass is 761 g/mol. The zero-order valence-electron chi connectivity index (χ0n) is 23.3. The fraction of sp³-hybridized carbons (Fsp3) is 0.379. The quantitative estimate of drug-likeness (QED) is 0.205. The first-order chi connectivity index (χ1) is 18.6. The predicted octanol–water partition coefficient (Wildman–Crippen LogP) is 5.60. The van der Waals surface area contributed by atoms with Gasteiger partial charge in [-0.05, 0) is 61.6 Å². The summed E-state index contributed by atoms with van der Waals surface area (Å²) in [6.45, 7) is 7.90. The average molecular weight is 762 g/mol. The Balaban J connectivity index is 0.00000560. The number of benzene rings is 2. The molecular formula is C29H36AcN5O5-. The summed E-state index contributed by atoms with van der Waals surface area (Å²) in [7, 11) is 0. The number of amides is 3. The van der Waals surface area contributed by atoms with Crippen LogP contribution in [0.2, 0.25) is 0 Å². The fourth-order valence-electron chi connectivity index (χ4n) is 3.98. The third-order valence-corrected chi connectivity index (χ3v) is 5.92. The standard InChI is InChI=1S/C29H36N5O5.Ac/c1-5-38-28(36)23(30)16-22-17-26(34-39-22)25(14-18(2)3)32-27(35)15-20-10-12-21(13-11-20)31-29(37)33-24-9-7-6-8-19(24)4;/h6-13,17-18,23,25,30H,5,14-16H2,1-4H3,(H,32,35)(H2,31,33,37);/q-1;. The second-order valence-corrected chi connectivity index (χ2v) is 9.74. The molecule has 3 aromatic rings. The van der Waals surface area contributed by atoms with E-state index in [4.69, 9.17) is 15.0 Å². The first-order valence-electron chi connectivity index (χ1n) is 13.0. The predicted molar refractivity (Wildman–Crippen MR) is 149 cm³/mol. The number of nitrogens with zero attached hydrogens (tertiary/aromatic N) is 1. The first kappa shape index (κ1) is 33.5. The van der Waals surface area contributed by atoms with Crippen molar-refractivity contribution >= 4 is 29.3 Å². The van der Waals surface area contributed by atoms with Crippen molar-refractivity contribution in [3.8, 4) is 0 Å². The van der Waals surface area contributed by atoms with Crippen LogP contribution in [0, 0.1) is 56.9 Å². The molecule has 4 N–H and O–H groups in total. The maximum Gasteiger partial charge on any atom is 0.323 e. The van der Waals surface area contributed by atoms with Gasteiger partial charge in [0.1, 0.15) is 11.5 Å². The number of urea groups is 1. The third kappa shape index (κ3) is 10.7. The molecule has 0 saturated heterocycles. The number of carbonyl (C=O) groups excluding carboxylic acids is 3. The number of para-hydroxylation sites is 1. The number of aryl methyl sites for hydroxylation is 1. The van der Waals surface area contributed by atoms with Gasteiger partial charge in [-0.25, -0.2) is 4.79 Å². The van der Waals surface area contributed by atoms with E-state index in [2.05, 4.69) is 21.1 Å². The van der Waals surface area contributed by atoms with Crippen molar-refractivity contribution in [2.75, 3.05) is 17.2 Å². The molecule has 10 nitrogen and oxygen atoms in total. The Morgan fingerprint density at radius 2 is 1.75 bits per heavy atom. The van der Waals surface area contributed by atoms with Gasteiger partial charge in [0.05, 0.1) is 19.1 Å². The number of hydrogen-bond acceptors (Lipinski definition) is 6. The fourth-order valence-corrected chi connectivity index (χ4v) is 3.98. The van der Waals surface area contributed by atoms with Crippen LogP contribution in [0.4, 0.5) is 16.2 Å². The van der Waals surface area contributed by atoms with Crippen LogP contribution in [-0.4, -0.2) is 35.7 Å². The molecule has 211 valence electrons. The number of rotatable bonds is 12. The number of ether oxygens (including phenoxy) is 1. The Hall–Kier alpha value is -2.74. The van der Waals surface area contributed by atoms with E-state index < -0.39 is 12.0 Å². The Kier molecular flexibility index (Phi) is 13.8. The minimum Gasteiger partial charge on any atom is -0.665 e. The molecule has 1 radical (unpaired) electrons. The molecule has 2 atom stereocenters. The number of hydrogen-bond donors (Lipinski definition) is 3. The van der Waals surface area contributed by atoms with Gasteiger partial charge in [0.25, 0.3) is 5.97 Å². The SMILES string of the molecule is CCOC(=O)C([NH-])Cc1cc(C(CC(C)C)NC(=O)Cc2ccc(NC(=O)Nc3ccccc3C)cc2)no1.[Ac]. The maximum atomic E-state index is 12.9. The molecule has 3 rings (SSSR count). The Labute approximate surface area is 270 Å². The van der Waals surface area contributed by atoms with Gasteiger partial charge in [0.2, 0.25) is 5.91 Å². The molecule has 11 heteroatoms. The van der Waals surface area contributed by atoms with Crippen molar-refractivity contribution < 1.29 is 67.7 Å². The summed E-state index contributed by atoms with van der Waals surface area (Å²) in [4.78, 5) is 37.0. The molecule has 1 heterocycles. The Morgan fingerprint density at radius 3 is 2.40 bits per heavy atom. The molecule has 2 unspecified atom stereocenters. The van der Waals surface area contributed by atoms with Crippen LogP contribution in [0.5, 0.6) is 0 Å². The van der Waals surface area contributed by atoms with Gasteiger partial charge in [-0.15, -0.1) is 0 Å². The molecule has 0 spiro atoms. The summed E-state index contributed by atoms with van der Waals surface area (Å²) < 4.78 is 10.2. The van der Waals surface area contributed by atoms with Crippen LogP contribution in [-0.2, 0) is 27.2 Å². The average Bonchev–Trinajstić information content (AvgIpc) is 3.34. The minimum absolute atomic E-state index is 0. The van der Waals surface area contributed by atoms with Gasteiger partial charge in [0.15, 0.2) is 0 Å². The van der Waals surface area contributed by atoms with Gasteiger partial charge in [-0.3, -0.25) is 9.59 Å². The van der Waals surface area contributed by atoms with Gasteiger partial charge in [0, 0.05) is 67.9 Å². The van der Waals surface area contributed by atoms with Gasteiger partial charge in [-0.2, -0.15) is 0 Å². The molecule has 40 heavy (non-hydrogen) atoms. The molecule has 0 aliphatic heterocycles. The van der Waals surface area contributed by atoms with Crippen LogP contribution in [0.1, 0.15) is 55.8 Å². The summed E-state index contributed by atoms with van der Waals surface area (Å²) in [5.41, 5.74) is 11.6. The van der Waals surface area contributed by atoms with E-state index in [1.165, 1.54) is 0 Å². The molecule has 0 fully saturated rings. The normalized spacial score (nSPS) is 12.2. The summed E-state index contributed by atoms with van der Waals surface area (Å²) >= 11 is 0. The molecule has 0 aliphatic carbocycles. The number of anilines is 2. The smallest absolute Gasteiger partial charge is 0.323 e. The van der Waals surface area contributed by atoms with E-state index in [-0.39, 0.29) is 87.4 Å². The second-order valence-electron chi connectivity index (χ2n) is 9.74. The van der Waals surface area contributed by atoms with Crippen molar-refractivity contribution in [3.63, 3.8) is 0 Å². The van der Waals surface area contributed by atoms with Crippen LogP contribution in [0.25, 0.3) is 5.73 Å². The molecule has 1 aromatic heterocycles. The van der Waals surface area contributed by atoms with Crippen LogP contribution in [0.3, 0.4) is 0 Å². The molecule has 0 aliphatic rings. The third-order valence-electron chi connectivity index (χ3n) is 5.92. The van der Waals surface area contributed by atoms with Crippen molar-refractivity contribution in [1.29, 1.82) is 0 Å². The first-order valence-corrected chi connectivity index (χ1v) is 13.0. The maximum absolute atomic E-state index is 12.9. The van der Waals surface area contributed by atoms with Crippen LogP contribution >= 0.6 is 0 Å². The molecular weight excluding hydrogens is 725 g/mol. The summed E-state index contributed by atoms with van der Waals surface area (Å²) in [5.74, 6) is -0.144. The zero-order valence-corrected chi connectivity index (χ0v) is 28.1. The van der Waals surface area contributed by atoms with Crippen molar-refractivity contribution in [2.24, 2.45) is 5.92 Å². The van der Waals surface area contributed by atoms with E-state index in [0.717, 1.165) is 16.8 Å². The Morgan fingerprint density at radius 1 is 1.05 bits per heavy atom. The van der Waals surface area contributed by atoms with Crippen molar-refractivity contribution in [3.05, 3.63) is 82.9 Å². The van der Waals surface area contributed by atoms with E-state index in [9.17, 15) is 14.4 Å². The summed E-state index contributed by atoms with van der Waals surface area (Å²) in [6.07, 6.45) is 0.822. The van der Waals surface area contributed by atoms with Crippen molar-refractivity contribution in [2.45, 2.75) is 59.0 Å². The summed E-state index contributed by atoms with van der Waals surface area (Å²) in [5, 5.41) is 12.7. The van der Waals surface area contributed by atoms with E-state index in [1.807, 2.05) is 45.0 Å². The molecule has 0 saturated carbocycles.